The fourth-order valence-corrected chi connectivity index (χ4v) is 2.90. The van der Waals surface area contributed by atoms with Gasteiger partial charge in [-0.3, -0.25) is 4.79 Å². The molecule has 1 aromatic carbocycles. The molecular formula is C17H20N2O5S. The SMILES string of the molecule is COc1cc(CNC(=O)CSc2cccc[n+]2[O-])cc(OC)c1OC. The smallest absolute Gasteiger partial charge is 0.251 e. The molecule has 1 heterocycles. The molecule has 134 valence electrons. The van der Waals surface area contributed by atoms with E-state index in [0.29, 0.717) is 28.8 Å². The van der Waals surface area contributed by atoms with Crippen LogP contribution in [0.1, 0.15) is 5.56 Å². The summed E-state index contributed by atoms with van der Waals surface area (Å²) < 4.78 is 16.6. The summed E-state index contributed by atoms with van der Waals surface area (Å²) in [4.78, 5) is 12.0. The molecule has 2 aromatic rings. The molecule has 0 aliphatic rings. The molecule has 0 aliphatic carbocycles. The Morgan fingerprint density at radius 2 is 1.84 bits per heavy atom. The minimum atomic E-state index is -0.178. The van der Waals surface area contributed by atoms with E-state index in [1.54, 1.807) is 30.3 Å². The third-order valence-electron chi connectivity index (χ3n) is 3.35. The standard InChI is InChI=1S/C17H20N2O5S/c1-22-13-8-12(9-14(23-2)17(13)24-3)10-18-15(20)11-25-16-6-4-5-7-19(16)21/h4-9H,10-11H2,1-3H3,(H,18,20). The Morgan fingerprint density at radius 1 is 1.16 bits per heavy atom. The Kier molecular flexibility index (Phi) is 6.76. The van der Waals surface area contributed by atoms with Gasteiger partial charge >= 0.3 is 0 Å². The van der Waals surface area contributed by atoms with Crippen LogP contribution in [-0.4, -0.2) is 33.0 Å². The van der Waals surface area contributed by atoms with Crippen molar-refractivity contribution in [3.63, 3.8) is 0 Å². The second-order valence-corrected chi connectivity index (χ2v) is 5.96. The lowest BCUT2D eigenvalue weighted by atomic mass is 10.2. The molecule has 0 saturated carbocycles. The lowest BCUT2D eigenvalue weighted by Gasteiger charge is -2.14. The van der Waals surface area contributed by atoms with Gasteiger partial charge in [-0.25, -0.2) is 0 Å². The second kappa shape index (κ2) is 9.03. The van der Waals surface area contributed by atoms with Crippen molar-refractivity contribution in [2.24, 2.45) is 0 Å². The van der Waals surface area contributed by atoms with Crippen LogP contribution >= 0.6 is 11.8 Å². The third kappa shape index (κ3) is 4.93. The number of benzene rings is 1. The summed E-state index contributed by atoms with van der Waals surface area (Å²) in [5.74, 6) is 1.52. The summed E-state index contributed by atoms with van der Waals surface area (Å²) in [6.45, 7) is 0.308. The van der Waals surface area contributed by atoms with Gasteiger partial charge in [0.05, 0.1) is 27.1 Å². The molecule has 0 spiro atoms. The summed E-state index contributed by atoms with van der Waals surface area (Å²) in [6.07, 6.45) is 1.40. The number of carbonyl (C=O) groups is 1. The van der Waals surface area contributed by atoms with E-state index in [-0.39, 0.29) is 11.7 Å². The lowest BCUT2D eigenvalue weighted by molar-refractivity contribution is -0.645. The zero-order chi connectivity index (χ0) is 18.2. The topological polar surface area (TPSA) is 83.7 Å². The minimum Gasteiger partial charge on any atom is -0.618 e. The van der Waals surface area contributed by atoms with Crippen LogP contribution in [0.25, 0.3) is 0 Å². The van der Waals surface area contributed by atoms with Crippen molar-refractivity contribution >= 4 is 17.7 Å². The highest BCUT2D eigenvalue weighted by molar-refractivity contribution is 7.99. The molecule has 1 aromatic heterocycles. The van der Waals surface area contributed by atoms with E-state index in [1.807, 2.05) is 0 Å². The van der Waals surface area contributed by atoms with Gasteiger partial charge in [-0.2, -0.15) is 4.73 Å². The van der Waals surface area contributed by atoms with Crippen LogP contribution in [-0.2, 0) is 11.3 Å². The minimum absolute atomic E-state index is 0.149. The van der Waals surface area contributed by atoms with Gasteiger partial charge in [0.25, 0.3) is 5.03 Å². The molecule has 0 radical (unpaired) electrons. The van der Waals surface area contributed by atoms with E-state index in [0.717, 1.165) is 10.3 Å². The normalized spacial score (nSPS) is 10.2. The quantitative estimate of drug-likeness (QED) is 0.436. The molecule has 7 nitrogen and oxygen atoms in total. The first-order valence-electron chi connectivity index (χ1n) is 7.45. The Hall–Kier alpha value is -2.61. The highest BCUT2D eigenvalue weighted by Crippen LogP contribution is 2.38. The number of pyridine rings is 1. The molecule has 0 aliphatic heterocycles. The summed E-state index contributed by atoms with van der Waals surface area (Å²) >= 11 is 1.18. The lowest BCUT2D eigenvalue weighted by Crippen LogP contribution is -2.29. The molecule has 0 bridgehead atoms. The number of hydrogen-bond donors (Lipinski definition) is 1. The number of carbonyl (C=O) groups excluding carboxylic acids is 1. The van der Waals surface area contributed by atoms with E-state index in [1.165, 1.54) is 39.3 Å². The molecular weight excluding hydrogens is 344 g/mol. The zero-order valence-corrected chi connectivity index (χ0v) is 15.1. The second-order valence-electron chi connectivity index (χ2n) is 4.96. The summed E-state index contributed by atoms with van der Waals surface area (Å²) in [6, 6.07) is 8.62. The number of amides is 1. The van der Waals surface area contributed by atoms with Crippen LogP contribution in [0.2, 0.25) is 0 Å². The highest BCUT2D eigenvalue weighted by Gasteiger charge is 2.14. The molecule has 2 rings (SSSR count). The maximum Gasteiger partial charge on any atom is 0.251 e. The Bertz CT molecular complexity index is 714. The van der Waals surface area contributed by atoms with Crippen LogP contribution in [0.3, 0.4) is 0 Å². The Labute approximate surface area is 150 Å². The van der Waals surface area contributed by atoms with Gasteiger partial charge in [0.15, 0.2) is 17.7 Å². The van der Waals surface area contributed by atoms with Gasteiger partial charge in [0.2, 0.25) is 11.7 Å². The van der Waals surface area contributed by atoms with Crippen molar-refractivity contribution in [3.8, 4) is 17.2 Å². The summed E-state index contributed by atoms with van der Waals surface area (Å²) in [7, 11) is 4.60. The molecule has 8 heteroatoms. The molecule has 25 heavy (non-hydrogen) atoms. The van der Waals surface area contributed by atoms with Gasteiger partial charge in [-0.05, 0) is 35.5 Å². The number of hydrogen-bond acceptors (Lipinski definition) is 6. The van der Waals surface area contributed by atoms with Crippen molar-refractivity contribution in [2.45, 2.75) is 11.6 Å². The van der Waals surface area contributed by atoms with Crippen LogP contribution in [0.4, 0.5) is 0 Å². The van der Waals surface area contributed by atoms with Gasteiger partial charge in [-0.15, -0.1) is 0 Å². The predicted molar refractivity (Wildman–Crippen MR) is 94.1 cm³/mol. The average Bonchev–Trinajstić information content (AvgIpc) is 2.64. The van der Waals surface area contributed by atoms with Gasteiger partial charge in [-0.1, -0.05) is 0 Å². The Morgan fingerprint density at radius 3 is 2.40 bits per heavy atom. The first-order valence-corrected chi connectivity index (χ1v) is 8.44. The molecule has 0 fully saturated rings. The van der Waals surface area contributed by atoms with Crippen LogP contribution in [0.5, 0.6) is 17.2 Å². The van der Waals surface area contributed by atoms with E-state index < -0.39 is 0 Å². The molecule has 1 N–H and O–H groups in total. The fraction of sp³-hybridized carbons (Fsp3) is 0.294. The zero-order valence-electron chi connectivity index (χ0n) is 14.3. The first-order chi connectivity index (χ1) is 12.1. The molecule has 0 unspecified atom stereocenters. The van der Waals surface area contributed by atoms with Gasteiger partial charge in [0.1, 0.15) is 0 Å². The number of ether oxygens (including phenoxy) is 3. The number of nitrogens with one attached hydrogen (secondary N) is 1. The monoisotopic (exact) mass is 364 g/mol. The van der Waals surface area contributed by atoms with E-state index in [2.05, 4.69) is 5.32 Å². The summed E-state index contributed by atoms with van der Waals surface area (Å²) in [5, 5.41) is 14.8. The Balaban J connectivity index is 1.96. The number of aromatic nitrogens is 1. The van der Waals surface area contributed by atoms with Crippen molar-refractivity contribution in [1.82, 2.24) is 5.32 Å². The third-order valence-corrected chi connectivity index (χ3v) is 4.37. The van der Waals surface area contributed by atoms with Crippen LogP contribution in [0.15, 0.2) is 41.6 Å². The number of thioether (sulfide) groups is 1. The van der Waals surface area contributed by atoms with E-state index >= 15 is 0 Å². The first kappa shape index (κ1) is 18.7. The molecule has 1 amide bonds. The van der Waals surface area contributed by atoms with E-state index in [4.69, 9.17) is 14.2 Å². The van der Waals surface area contributed by atoms with Gasteiger partial charge < -0.3 is 24.7 Å². The number of methoxy groups -OCH3 is 3. The maximum atomic E-state index is 12.0. The molecule has 0 saturated heterocycles. The molecule has 0 atom stereocenters. The van der Waals surface area contributed by atoms with Crippen LogP contribution < -0.4 is 24.3 Å². The van der Waals surface area contributed by atoms with Crippen molar-refractivity contribution in [1.29, 1.82) is 0 Å². The number of nitrogens with zero attached hydrogens (tertiary/aromatic N) is 1. The van der Waals surface area contributed by atoms with Gasteiger partial charge in [0, 0.05) is 18.7 Å². The average molecular weight is 364 g/mol. The van der Waals surface area contributed by atoms with Crippen molar-refractivity contribution < 1.29 is 23.7 Å². The highest BCUT2D eigenvalue weighted by atomic mass is 32.2. The summed E-state index contributed by atoms with van der Waals surface area (Å²) in [5.41, 5.74) is 0.812. The fourth-order valence-electron chi connectivity index (χ4n) is 2.15. The van der Waals surface area contributed by atoms with Crippen LogP contribution in [0, 0.1) is 5.21 Å². The predicted octanol–water partition coefficient (Wildman–Crippen LogP) is 1.75. The van der Waals surface area contributed by atoms with Crippen molar-refractivity contribution in [3.05, 3.63) is 47.3 Å². The maximum absolute atomic E-state index is 12.0. The van der Waals surface area contributed by atoms with E-state index in [9.17, 15) is 10.0 Å². The largest absolute Gasteiger partial charge is 0.618 e. The number of rotatable bonds is 8. The van der Waals surface area contributed by atoms with Crippen molar-refractivity contribution in [2.75, 3.05) is 27.1 Å².